The van der Waals surface area contributed by atoms with Crippen molar-refractivity contribution in [2.75, 3.05) is 7.11 Å². The highest BCUT2D eigenvalue weighted by Crippen LogP contribution is 2.75. The number of fused-ring (bicyclic) bond motifs is 3. The first-order valence-corrected chi connectivity index (χ1v) is 10.0. The third-order valence-corrected chi connectivity index (χ3v) is 8.42. The summed E-state index contributed by atoms with van der Waals surface area (Å²) in [5, 5.41) is 0. The van der Waals surface area contributed by atoms with Gasteiger partial charge >= 0.3 is 5.97 Å². The van der Waals surface area contributed by atoms with Crippen LogP contribution in [0.4, 0.5) is 0 Å². The van der Waals surface area contributed by atoms with Gasteiger partial charge in [-0.2, -0.15) is 0 Å². The largest absolute Gasteiger partial charge is 0.497 e. The average molecular weight is 352 g/mol. The maximum absolute atomic E-state index is 11.8. The van der Waals surface area contributed by atoms with Gasteiger partial charge in [0.1, 0.15) is 11.4 Å². The Bertz CT molecular complexity index is 812. The number of ether oxygens (including phenoxy) is 2. The van der Waals surface area contributed by atoms with Crippen molar-refractivity contribution in [2.24, 2.45) is 16.7 Å². The van der Waals surface area contributed by atoms with Crippen LogP contribution in [-0.4, -0.2) is 18.7 Å². The predicted molar refractivity (Wildman–Crippen MR) is 100 cm³/mol. The van der Waals surface area contributed by atoms with Gasteiger partial charge in [0.05, 0.1) is 7.11 Å². The first-order valence-electron chi connectivity index (χ1n) is 10.0. The molecule has 0 spiro atoms. The van der Waals surface area contributed by atoms with E-state index in [2.05, 4.69) is 37.3 Å². The summed E-state index contributed by atoms with van der Waals surface area (Å²) in [5.74, 6) is 2.10. The van der Waals surface area contributed by atoms with Gasteiger partial charge < -0.3 is 9.47 Å². The molecule has 0 radical (unpaired) electrons. The first-order chi connectivity index (χ1) is 12.4. The molecule has 26 heavy (non-hydrogen) atoms. The second kappa shape index (κ2) is 5.15. The number of hydrogen-bond acceptors (Lipinski definition) is 3. The second-order valence-corrected chi connectivity index (χ2v) is 9.04. The SMILES string of the molecule is COc1ccc2c(c1)CC[C@@H]1[C@@H]2CC[C@]2(C)[C@@]3(OC(C)=O)C=C[C@]12CC3. The molecular weight excluding hydrogens is 324 g/mol. The summed E-state index contributed by atoms with van der Waals surface area (Å²) in [6, 6.07) is 6.66. The van der Waals surface area contributed by atoms with Gasteiger partial charge in [0.25, 0.3) is 0 Å². The predicted octanol–water partition coefficient (Wildman–Crippen LogP) is 4.79. The lowest BCUT2D eigenvalue weighted by molar-refractivity contribution is -0.168. The number of benzene rings is 1. The summed E-state index contributed by atoms with van der Waals surface area (Å²) in [6.45, 7) is 3.95. The third-order valence-electron chi connectivity index (χ3n) is 8.42. The van der Waals surface area contributed by atoms with Crippen LogP contribution in [0.1, 0.15) is 63.0 Å². The van der Waals surface area contributed by atoms with Crippen molar-refractivity contribution in [3.05, 3.63) is 41.5 Å². The van der Waals surface area contributed by atoms with Crippen LogP contribution in [0.3, 0.4) is 0 Å². The van der Waals surface area contributed by atoms with Crippen molar-refractivity contribution < 1.29 is 14.3 Å². The Balaban J connectivity index is 1.56. The molecule has 138 valence electrons. The molecule has 0 saturated heterocycles. The van der Waals surface area contributed by atoms with Crippen LogP contribution in [0, 0.1) is 16.7 Å². The van der Waals surface area contributed by atoms with E-state index in [0.717, 1.165) is 31.4 Å². The van der Waals surface area contributed by atoms with E-state index in [0.29, 0.717) is 11.8 Å². The zero-order valence-electron chi connectivity index (χ0n) is 16.0. The molecule has 0 amide bonds. The Morgan fingerprint density at radius 2 is 2.00 bits per heavy atom. The number of hydrogen-bond donors (Lipinski definition) is 0. The minimum atomic E-state index is -0.371. The second-order valence-electron chi connectivity index (χ2n) is 9.04. The number of carbonyl (C=O) groups excluding carboxylic acids is 1. The minimum absolute atomic E-state index is 0.0524. The molecule has 2 saturated carbocycles. The van der Waals surface area contributed by atoms with Crippen molar-refractivity contribution in [3.63, 3.8) is 0 Å². The van der Waals surface area contributed by atoms with Crippen molar-refractivity contribution in [1.82, 2.24) is 0 Å². The molecule has 5 atom stereocenters. The highest BCUT2D eigenvalue weighted by atomic mass is 16.6. The molecule has 5 rings (SSSR count). The lowest BCUT2D eigenvalue weighted by Crippen LogP contribution is -2.53. The first kappa shape index (κ1) is 16.4. The van der Waals surface area contributed by atoms with Crippen molar-refractivity contribution in [2.45, 2.75) is 63.9 Å². The van der Waals surface area contributed by atoms with Crippen molar-refractivity contribution >= 4 is 5.97 Å². The normalized spacial score (nSPS) is 42.0. The molecule has 2 fully saturated rings. The topological polar surface area (TPSA) is 35.5 Å². The zero-order valence-corrected chi connectivity index (χ0v) is 16.0. The van der Waals surface area contributed by atoms with Gasteiger partial charge in [-0.15, -0.1) is 0 Å². The standard InChI is InChI=1S/C23H28O3/c1-15(24)26-23-12-10-22(11-13-23)20-7-4-16-14-17(25-3)5-6-18(16)19(20)8-9-21(22,23)2/h5-6,10,12,14,19-20H,4,7-9,11,13H2,1-3H3/t19-,20-,21+,22+,23-/m1/s1. The molecule has 4 aliphatic rings. The average Bonchev–Trinajstić information content (AvgIpc) is 3.03. The maximum Gasteiger partial charge on any atom is 0.303 e. The monoisotopic (exact) mass is 352 g/mol. The summed E-state index contributed by atoms with van der Waals surface area (Å²) in [6.07, 6.45) is 11.5. The molecular formula is C23H28O3. The van der Waals surface area contributed by atoms with Gasteiger partial charge in [0.2, 0.25) is 0 Å². The van der Waals surface area contributed by atoms with Gasteiger partial charge in [-0.05, 0) is 79.7 Å². The molecule has 0 aliphatic heterocycles. The van der Waals surface area contributed by atoms with Crippen LogP contribution in [0.15, 0.2) is 30.4 Å². The fraction of sp³-hybridized carbons (Fsp3) is 0.609. The molecule has 1 aromatic carbocycles. The molecule has 0 aromatic heterocycles. The van der Waals surface area contributed by atoms with Crippen LogP contribution >= 0.6 is 0 Å². The van der Waals surface area contributed by atoms with E-state index in [1.54, 1.807) is 14.0 Å². The Morgan fingerprint density at radius 3 is 2.69 bits per heavy atom. The number of allylic oxidation sites excluding steroid dienone is 1. The summed E-state index contributed by atoms with van der Waals surface area (Å²) in [4.78, 5) is 11.8. The van der Waals surface area contributed by atoms with Gasteiger partial charge in [-0.25, -0.2) is 0 Å². The van der Waals surface area contributed by atoms with E-state index >= 15 is 0 Å². The fourth-order valence-electron chi connectivity index (χ4n) is 7.21. The van der Waals surface area contributed by atoms with Crippen LogP contribution < -0.4 is 4.74 Å². The number of carbonyl (C=O) groups is 1. The van der Waals surface area contributed by atoms with E-state index in [4.69, 9.17) is 9.47 Å². The Kier molecular flexibility index (Phi) is 3.25. The minimum Gasteiger partial charge on any atom is -0.497 e. The van der Waals surface area contributed by atoms with Crippen molar-refractivity contribution in [3.8, 4) is 5.75 Å². The maximum atomic E-state index is 11.8. The lowest BCUT2D eigenvalue weighted by atomic mass is 9.48. The summed E-state index contributed by atoms with van der Waals surface area (Å²) < 4.78 is 11.4. The smallest absolute Gasteiger partial charge is 0.303 e. The molecule has 0 heterocycles. The molecule has 3 heteroatoms. The van der Waals surface area contributed by atoms with Crippen LogP contribution in [-0.2, 0) is 16.0 Å². The molecule has 3 nitrogen and oxygen atoms in total. The zero-order chi connectivity index (χ0) is 18.2. The van der Waals surface area contributed by atoms with Gasteiger partial charge in [-0.3, -0.25) is 4.79 Å². The molecule has 1 aromatic rings. The number of esters is 1. The van der Waals surface area contributed by atoms with E-state index in [-0.39, 0.29) is 22.4 Å². The third kappa shape index (κ3) is 1.77. The number of methoxy groups -OCH3 is 1. The molecule has 0 unspecified atom stereocenters. The van der Waals surface area contributed by atoms with E-state index < -0.39 is 0 Å². The lowest BCUT2D eigenvalue weighted by Gasteiger charge is -2.56. The number of rotatable bonds is 2. The van der Waals surface area contributed by atoms with E-state index in [1.807, 2.05) is 0 Å². The van der Waals surface area contributed by atoms with Gasteiger partial charge in [0.15, 0.2) is 0 Å². The summed E-state index contributed by atoms with van der Waals surface area (Å²) in [7, 11) is 1.74. The molecule has 4 aliphatic carbocycles. The quantitative estimate of drug-likeness (QED) is 0.567. The van der Waals surface area contributed by atoms with Crippen molar-refractivity contribution in [1.29, 1.82) is 0 Å². The summed E-state index contributed by atoms with van der Waals surface area (Å²) >= 11 is 0. The molecule has 2 bridgehead atoms. The van der Waals surface area contributed by atoms with Gasteiger partial charge in [0, 0.05) is 17.8 Å². The number of aryl methyl sites for hydroxylation is 1. The highest BCUT2D eigenvalue weighted by molar-refractivity contribution is 5.67. The highest BCUT2D eigenvalue weighted by Gasteiger charge is 2.73. The Morgan fingerprint density at radius 1 is 1.15 bits per heavy atom. The fourth-order valence-corrected chi connectivity index (χ4v) is 7.21. The van der Waals surface area contributed by atoms with Crippen LogP contribution in [0.5, 0.6) is 5.75 Å². The van der Waals surface area contributed by atoms with E-state index in [1.165, 1.54) is 24.0 Å². The molecule has 0 N–H and O–H groups in total. The van der Waals surface area contributed by atoms with E-state index in [9.17, 15) is 4.79 Å². The Hall–Kier alpha value is -1.77. The van der Waals surface area contributed by atoms with Gasteiger partial charge in [-0.1, -0.05) is 19.1 Å². The van der Waals surface area contributed by atoms with Crippen LogP contribution in [0.2, 0.25) is 0 Å². The Labute approximate surface area is 155 Å². The summed E-state index contributed by atoms with van der Waals surface area (Å²) in [5.41, 5.74) is 2.87. The van der Waals surface area contributed by atoms with Crippen LogP contribution in [0.25, 0.3) is 0 Å².